The van der Waals surface area contributed by atoms with Crippen molar-refractivity contribution in [3.63, 3.8) is 0 Å². The third-order valence-corrected chi connectivity index (χ3v) is 5.52. The second kappa shape index (κ2) is 13.7. The standard InChI is InChI=1S/C12H15BrFNO2.C11H13BrFNO2/c1-3-5-12(14,11(16)17-4-2)9-6-10(13)8-15-7-9;1-2-3-11(13,5-10(15)16)8-4-9(12)7-14-6-8/h6-8H,3-5H2,1-2H3;4,6-7H,2-3,5H2,1H3,(H,15,16). The summed E-state index contributed by atoms with van der Waals surface area (Å²) in [6.07, 6.45) is 6.68. The molecule has 0 amide bonds. The third kappa shape index (κ3) is 8.73. The van der Waals surface area contributed by atoms with Crippen LogP contribution in [0.5, 0.6) is 0 Å². The van der Waals surface area contributed by atoms with E-state index >= 15 is 0 Å². The SMILES string of the molecule is CCCC(F)(C(=O)OCC)c1cncc(Br)c1.CCCC(F)(CC(=O)O)c1cncc(Br)c1. The van der Waals surface area contributed by atoms with Crippen molar-refractivity contribution in [3.05, 3.63) is 57.0 Å². The Morgan fingerprint density at radius 2 is 1.45 bits per heavy atom. The Bertz CT molecular complexity index is 935. The summed E-state index contributed by atoms with van der Waals surface area (Å²) < 4.78 is 35.3. The number of carbonyl (C=O) groups is 2. The molecule has 0 aliphatic heterocycles. The molecular formula is C23H28Br2F2N2O4. The summed E-state index contributed by atoms with van der Waals surface area (Å²) in [4.78, 5) is 30.1. The van der Waals surface area contributed by atoms with E-state index in [4.69, 9.17) is 9.84 Å². The molecule has 0 aliphatic carbocycles. The number of aromatic nitrogens is 2. The zero-order valence-corrected chi connectivity index (χ0v) is 22.0. The zero-order valence-electron chi connectivity index (χ0n) is 18.8. The molecule has 33 heavy (non-hydrogen) atoms. The van der Waals surface area contributed by atoms with Crippen LogP contribution in [0.1, 0.15) is 64.0 Å². The fourth-order valence-electron chi connectivity index (χ4n) is 3.21. The Labute approximate surface area is 209 Å². The predicted octanol–water partition coefficient (Wildman–Crippen LogP) is 6.66. The highest BCUT2D eigenvalue weighted by atomic mass is 79.9. The number of nitrogens with zero attached hydrogens (tertiary/aromatic N) is 2. The molecule has 2 aromatic heterocycles. The molecule has 0 saturated carbocycles. The maximum atomic E-state index is 14.7. The van der Waals surface area contributed by atoms with Crippen LogP contribution in [0.3, 0.4) is 0 Å². The first-order chi connectivity index (χ1) is 15.5. The minimum absolute atomic E-state index is 0.0873. The summed E-state index contributed by atoms with van der Waals surface area (Å²) in [5.41, 5.74) is -3.41. The highest BCUT2D eigenvalue weighted by Crippen LogP contribution is 2.35. The minimum Gasteiger partial charge on any atom is -0.481 e. The molecule has 2 heterocycles. The van der Waals surface area contributed by atoms with Crippen LogP contribution in [0.25, 0.3) is 0 Å². The molecule has 0 saturated heterocycles. The number of esters is 1. The van der Waals surface area contributed by atoms with Crippen LogP contribution in [0.4, 0.5) is 8.78 Å². The number of carbonyl (C=O) groups excluding carboxylic acids is 1. The molecule has 0 aliphatic rings. The molecule has 0 spiro atoms. The second-order valence-electron chi connectivity index (χ2n) is 7.34. The summed E-state index contributed by atoms with van der Waals surface area (Å²) in [6.45, 7) is 5.46. The van der Waals surface area contributed by atoms with E-state index in [0.717, 1.165) is 0 Å². The van der Waals surface area contributed by atoms with E-state index in [1.807, 2.05) is 13.8 Å². The number of carboxylic acid groups (broad SMARTS) is 1. The molecule has 0 fully saturated rings. The van der Waals surface area contributed by atoms with Gasteiger partial charge in [0.1, 0.15) is 5.67 Å². The van der Waals surface area contributed by atoms with Gasteiger partial charge in [0.05, 0.1) is 13.0 Å². The van der Waals surface area contributed by atoms with Crippen LogP contribution < -0.4 is 0 Å². The molecule has 182 valence electrons. The Balaban J connectivity index is 0.000000331. The number of hydrogen-bond donors (Lipinski definition) is 1. The topological polar surface area (TPSA) is 89.4 Å². The second-order valence-corrected chi connectivity index (χ2v) is 9.17. The summed E-state index contributed by atoms with van der Waals surface area (Å²) in [7, 11) is 0. The van der Waals surface area contributed by atoms with E-state index in [-0.39, 0.29) is 25.0 Å². The van der Waals surface area contributed by atoms with Gasteiger partial charge in [0.2, 0.25) is 5.67 Å². The van der Waals surface area contributed by atoms with Gasteiger partial charge >= 0.3 is 11.9 Å². The van der Waals surface area contributed by atoms with Crippen LogP contribution in [0.15, 0.2) is 45.9 Å². The lowest BCUT2D eigenvalue weighted by Crippen LogP contribution is -2.33. The first-order valence-corrected chi connectivity index (χ1v) is 12.1. The van der Waals surface area contributed by atoms with Crippen molar-refractivity contribution in [3.8, 4) is 0 Å². The van der Waals surface area contributed by atoms with E-state index in [1.165, 1.54) is 18.6 Å². The quantitative estimate of drug-likeness (QED) is 0.310. The summed E-state index contributed by atoms with van der Waals surface area (Å²) in [6, 6.07) is 3.13. The number of halogens is 4. The van der Waals surface area contributed by atoms with E-state index in [1.54, 1.807) is 25.3 Å². The van der Waals surface area contributed by atoms with E-state index in [0.29, 0.717) is 27.4 Å². The van der Waals surface area contributed by atoms with Gasteiger partial charge in [-0.1, -0.05) is 26.7 Å². The van der Waals surface area contributed by atoms with E-state index in [2.05, 4.69) is 41.8 Å². The number of hydrogen-bond acceptors (Lipinski definition) is 5. The monoisotopic (exact) mass is 592 g/mol. The predicted molar refractivity (Wildman–Crippen MR) is 128 cm³/mol. The fraction of sp³-hybridized carbons (Fsp3) is 0.478. The molecular weight excluding hydrogens is 566 g/mol. The van der Waals surface area contributed by atoms with Crippen LogP contribution in [0.2, 0.25) is 0 Å². The minimum atomic E-state index is -2.11. The highest BCUT2D eigenvalue weighted by molar-refractivity contribution is 9.10. The fourth-order valence-corrected chi connectivity index (χ4v) is 3.94. The van der Waals surface area contributed by atoms with Crippen molar-refractivity contribution in [2.24, 2.45) is 0 Å². The van der Waals surface area contributed by atoms with E-state index < -0.39 is 29.7 Å². The summed E-state index contributed by atoms with van der Waals surface area (Å²) >= 11 is 6.41. The average Bonchev–Trinajstić information content (AvgIpc) is 2.74. The molecule has 0 radical (unpaired) electrons. The number of rotatable bonds is 10. The first-order valence-electron chi connectivity index (χ1n) is 10.5. The molecule has 6 nitrogen and oxygen atoms in total. The molecule has 1 N–H and O–H groups in total. The molecule has 0 bridgehead atoms. The lowest BCUT2D eigenvalue weighted by Gasteiger charge is -2.23. The van der Waals surface area contributed by atoms with Gasteiger partial charge < -0.3 is 9.84 Å². The van der Waals surface area contributed by atoms with Crippen molar-refractivity contribution in [1.29, 1.82) is 0 Å². The van der Waals surface area contributed by atoms with Gasteiger partial charge in [0.25, 0.3) is 0 Å². The number of pyridine rings is 2. The molecule has 10 heteroatoms. The lowest BCUT2D eigenvalue weighted by atomic mass is 9.89. The molecule has 2 aromatic rings. The van der Waals surface area contributed by atoms with Gasteiger partial charge in [-0.05, 0) is 63.8 Å². The average molecular weight is 594 g/mol. The zero-order chi connectivity index (χ0) is 25.1. The summed E-state index contributed by atoms with van der Waals surface area (Å²) in [5, 5.41) is 8.73. The van der Waals surface area contributed by atoms with Crippen LogP contribution >= 0.6 is 31.9 Å². The van der Waals surface area contributed by atoms with Crippen molar-refractivity contribution < 1.29 is 28.2 Å². The number of alkyl halides is 2. The Hall–Kier alpha value is -1.94. The molecule has 0 aromatic carbocycles. The van der Waals surface area contributed by atoms with Gasteiger partial charge in [0, 0.05) is 44.9 Å². The normalized spacial score (nSPS) is 14.3. The van der Waals surface area contributed by atoms with Crippen LogP contribution in [0, 0.1) is 0 Å². The third-order valence-electron chi connectivity index (χ3n) is 4.66. The van der Waals surface area contributed by atoms with Crippen molar-refractivity contribution in [2.45, 2.75) is 64.2 Å². The van der Waals surface area contributed by atoms with Crippen LogP contribution in [-0.2, 0) is 25.7 Å². The molecule has 2 rings (SSSR count). The smallest absolute Gasteiger partial charge is 0.348 e. The van der Waals surface area contributed by atoms with Gasteiger partial charge in [-0.3, -0.25) is 14.8 Å². The van der Waals surface area contributed by atoms with E-state index in [9.17, 15) is 18.4 Å². The number of ether oxygens (including phenoxy) is 1. The van der Waals surface area contributed by atoms with Gasteiger partial charge in [-0.15, -0.1) is 0 Å². The Morgan fingerprint density at radius 3 is 1.91 bits per heavy atom. The maximum absolute atomic E-state index is 14.7. The van der Waals surface area contributed by atoms with Gasteiger partial charge in [-0.25, -0.2) is 13.6 Å². The van der Waals surface area contributed by atoms with Crippen molar-refractivity contribution in [1.82, 2.24) is 9.97 Å². The summed E-state index contributed by atoms with van der Waals surface area (Å²) in [5.74, 6) is -1.99. The van der Waals surface area contributed by atoms with Gasteiger partial charge in [0.15, 0.2) is 0 Å². The lowest BCUT2D eigenvalue weighted by molar-refractivity contribution is -0.159. The van der Waals surface area contributed by atoms with Crippen molar-refractivity contribution >= 4 is 43.8 Å². The molecule has 2 unspecified atom stereocenters. The maximum Gasteiger partial charge on any atom is 0.348 e. The van der Waals surface area contributed by atoms with Gasteiger partial charge in [-0.2, -0.15) is 0 Å². The van der Waals surface area contributed by atoms with Crippen LogP contribution in [-0.4, -0.2) is 33.6 Å². The first kappa shape index (κ1) is 29.1. The largest absolute Gasteiger partial charge is 0.481 e. The number of carboxylic acids is 1. The number of aliphatic carboxylic acids is 1. The van der Waals surface area contributed by atoms with Crippen molar-refractivity contribution in [2.75, 3.05) is 6.61 Å². The Kier molecular flexibility index (Phi) is 12.1. The highest BCUT2D eigenvalue weighted by Gasteiger charge is 2.41. The molecule has 2 atom stereocenters. The Morgan fingerprint density at radius 1 is 0.939 bits per heavy atom.